The van der Waals surface area contributed by atoms with Gasteiger partial charge in [-0.25, -0.2) is 0 Å². The summed E-state index contributed by atoms with van der Waals surface area (Å²) in [6.07, 6.45) is 0.150. The summed E-state index contributed by atoms with van der Waals surface area (Å²) in [5.41, 5.74) is 1.94. The van der Waals surface area contributed by atoms with E-state index in [9.17, 15) is 5.11 Å². The quantitative estimate of drug-likeness (QED) is 0.489. The van der Waals surface area contributed by atoms with Crippen LogP contribution in [0.1, 0.15) is 24.2 Å². The Morgan fingerprint density at radius 2 is 2.00 bits per heavy atom. The molecule has 26 heavy (non-hydrogen) atoms. The smallest absolute Gasteiger partial charge is 0.191 e. The molecule has 140 valence electrons. The van der Waals surface area contributed by atoms with Crippen LogP contribution >= 0.6 is 11.6 Å². The van der Waals surface area contributed by atoms with Crippen molar-refractivity contribution in [2.24, 2.45) is 4.99 Å². The van der Waals surface area contributed by atoms with Crippen molar-refractivity contribution >= 4 is 17.6 Å². The lowest BCUT2D eigenvalue weighted by molar-refractivity contribution is 0.186. The lowest BCUT2D eigenvalue weighted by Gasteiger charge is -2.14. The number of ether oxygens (including phenoxy) is 1. The van der Waals surface area contributed by atoms with E-state index in [1.165, 1.54) is 0 Å². The molecule has 1 unspecified atom stereocenters. The van der Waals surface area contributed by atoms with Gasteiger partial charge in [-0.05, 0) is 48.7 Å². The summed E-state index contributed by atoms with van der Waals surface area (Å²) in [7, 11) is 1.61. The van der Waals surface area contributed by atoms with Crippen LogP contribution in [-0.2, 0) is 6.42 Å². The summed E-state index contributed by atoms with van der Waals surface area (Å²) >= 11 is 6.01. The van der Waals surface area contributed by atoms with Crippen molar-refractivity contribution in [2.45, 2.75) is 19.4 Å². The molecule has 2 aromatic rings. The number of methoxy groups -OCH3 is 1. The summed E-state index contributed by atoms with van der Waals surface area (Å²) in [4.78, 5) is 4.47. The maximum atomic E-state index is 10.4. The van der Waals surface area contributed by atoms with Gasteiger partial charge < -0.3 is 20.5 Å². The Kier molecular flexibility index (Phi) is 8.25. The molecule has 0 radical (unpaired) electrons. The Labute approximate surface area is 160 Å². The standard InChI is InChI=1S/C20H26ClN3O2/c1-3-22-20(23-11-10-15-6-4-8-17(21)12-15)24-14-19(25)16-7-5-9-18(13-16)26-2/h4-9,12-13,19,25H,3,10-11,14H2,1-2H3,(H2,22,23,24). The van der Waals surface area contributed by atoms with Crippen molar-refractivity contribution in [2.75, 3.05) is 26.7 Å². The summed E-state index contributed by atoms with van der Waals surface area (Å²) in [6.45, 7) is 3.74. The molecule has 0 fully saturated rings. The minimum atomic E-state index is -0.687. The molecular formula is C20H26ClN3O2. The predicted molar refractivity (Wildman–Crippen MR) is 107 cm³/mol. The fraction of sp³-hybridized carbons (Fsp3) is 0.350. The molecule has 0 bridgehead atoms. The van der Waals surface area contributed by atoms with Gasteiger partial charge in [0.05, 0.1) is 19.8 Å². The van der Waals surface area contributed by atoms with Crippen LogP contribution in [0, 0.1) is 0 Å². The lowest BCUT2D eigenvalue weighted by atomic mass is 10.1. The molecule has 2 aromatic carbocycles. The van der Waals surface area contributed by atoms with E-state index in [0.717, 1.165) is 41.4 Å². The number of nitrogens with one attached hydrogen (secondary N) is 2. The molecule has 0 saturated heterocycles. The van der Waals surface area contributed by atoms with Gasteiger partial charge in [-0.3, -0.25) is 4.99 Å². The van der Waals surface area contributed by atoms with Crippen molar-refractivity contribution in [3.8, 4) is 5.75 Å². The maximum absolute atomic E-state index is 10.4. The van der Waals surface area contributed by atoms with Crippen molar-refractivity contribution in [3.63, 3.8) is 0 Å². The third kappa shape index (κ3) is 6.58. The van der Waals surface area contributed by atoms with Gasteiger partial charge in [0.1, 0.15) is 5.75 Å². The lowest BCUT2D eigenvalue weighted by Crippen LogP contribution is -2.38. The molecular weight excluding hydrogens is 350 g/mol. The Balaban J connectivity index is 1.90. The molecule has 3 N–H and O–H groups in total. The van der Waals surface area contributed by atoms with E-state index in [0.29, 0.717) is 5.96 Å². The second-order valence-corrected chi connectivity index (χ2v) is 6.26. The van der Waals surface area contributed by atoms with Crippen molar-refractivity contribution < 1.29 is 9.84 Å². The second kappa shape index (κ2) is 10.7. The fourth-order valence-electron chi connectivity index (χ4n) is 2.49. The number of aliphatic hydroxyl groups is 1. The zero-order valence-corrected chi connectivity index (χ0v) is 16.0. The highest BCUT2D eigenvalue weighted by Crippen LogP contribution is 2.19. The Bertz CT molecular complexity index is 722. The molecule has 0 aliphatic carbocycles. The molecule has 0 aliphatic rings. The average molecular weight is 376 g/mol. The summed E-state index contributed by atoms with van der Waals surface area (Å²) in [5.74, 6) is 1.40. The first-order valence-corrected chi connectivity index (χ1v) is 9.08. The molecule has 0 spiro atoms. The minimum Gasteiger partial charge on any atom is -0.497 e. The number of aliphatic imine (C=N–C) groups is 1. The van der Waals surface area contributed by atoms with Gasteiger partial charge in [0.15, 0.2) is 5.96 Å². The van der Waals surface area contributed by atoms with Crippen molar-refractivity contribution in [1.29, 1.82) is 0 Å². The van der Waals surface area contributed by atoms with E-state index in [2.05, 4.69) is 15.6 Å². The topological polar surface area (TPSA) is 65.9 Å². The molecule has 0 aromatic heterocycles. The Hall–Kier alpha value is -2.24. The van der Waals surface area contributed by atoms with Gasteiger partial charge in [-0.1, -0.05) is 35.9 Å². The maximum Gasteiger partial charge on any atom is 0.191 e. The number of hydrogen-bond acceptors (Lipinski definition) is 3. The van der Waals surface area contributed by atoms with Gasteiger partial charge in [-0.2, -0.15) is 0 Å². The Morgan fingerprint density at radius 3 is 2.73 bits per heavy atom. The third-order valence-corrected chi connectivity index (χ3v) is 4.08. The highest BCUT2D eigenvalue weighted by molar-refractivity contribution is 6.30. The Morgan fingerprint density at radius 1 is 1.19 bits per heavy atom. The molecule has 0 heterocycles. The number of benzene rings is 2. The zero-order valence-electron chi connectivity index (χ0n) is 15.2. The molecule has 0 saturated carbocycles. The summed E-state index contributed by atoms with van der Waals surface area (Å²) in [6, 6.07) is 15.2. The SMILES string of the molecule is CCNC(=NCC(O)c1cccc(OC)c1)NCCc1cccc(Cl)c1. The van der Waals surface area contributed by atoms with Crippen LogP contribution < -0.4 is 15.4 Å². The highest BCUT2D eigenvalue weighted by Gasteiger charge is 2.08. The number of rotatable bonds is 8. The molecule has 2 rings (SSSR count). The van der Waals surface area contributed by atoms with Crippen molar-refractivity contribution in [3.05, 3.63) is 64.7 Å². The third-order valence-electron chi connectivity index (χ3n) is 3.84. The van der Waals surface area contributed by atoms with E-state index >= 15 is 0 Å². The van der Waals surface area contributed by atoms with Gasteiger partial charge in [-0.15, -0.1) is 0 Å². The molecule has 6 heteroatoms. The van der Waals surface area contributed by atoms with E-state index in [-0.39, 0.29) is 6.54 Å². The number of guanidine groups is 1. The monoisotopic (exact) mass is 375 g/mol. The zero-order chi connectivity index (χ0) is 18.8. The highest BCUT2D eigenvalue weighted by atomic mass is 35.5. The van der Waals surface area contributed by atoms with Crippen LogP contribution in [0.15, 0.2) is 53.5 Å². The molecule has 1 atom stereocenters. The van der Waals surface area contributed by atoms with E-state index in [1.54, 1.807) is 7.11 Å². The number of halogens is 1. The van der Waals surface area contributed by atoms with Crippen LogP contribution in [-0.4, -0.2) is 37.8 Å². The van der Waals surface area contributed by atoms with Crippen LogP contribution in [0.2, 0.25) is 5.02 Å². The average Bonchev–Trinajstić information content (AvgIpc) is 2.66. The number of aliphatic hydroxyl groups excluding tert-OH is 1. The van der Waals surface area contributed by atoms with Gasteiger partial charge in [0.2, 0.25) is 0 Å². The van der Waals surface area contributed by atoms with Crippen LogP contribution in [0.4, 0.5) is 0 Å². The van der Waals surface area contributed by atoms with Gasteiger partial charge >= 0.3 is 0 Å². The normalized spacial score (nSPS) is 12.5. The van der Waals surface area contributed by atoms with Crippen molar-refractivity contribution in [1.82, 2.24) is 10.6 Å². The van der Waals surface area contributed by atoms with E-state index < -0.39 is 6.10 Å². The number of hydrogen-bond donors (Lipinski definition) is 3. The first-order chi connectivity index (χ1) is 12.6. The van der Waals surface area contributed by atoms with Gasteiger partial charge in [0, 0.05) is 18.1 Å². The molecule has 0 aliphatic heterocycles. The van der Waals surface area contributed by atoms with Gasteiger partial charge in [0.25, 0.3) is 0 Å². The first-order valence-electron chi connectivity index (χ1n) is 8.71. The predicted octanol–water partition coefficient (Wildman–Crippen LogP) is 3.18. The summed E-state index contributed by atoms with van der Waals surface area (Å²) in [5, 5.41) is 17.6. The van der Waals surface area contributed by atoms with Crippen LogP contribution in [0.3, 0.4) is 0 Å². The fourth-order valence-corrected chi connectivity index (χ4v) is 2.70. The molecule has 5 nitrogen and oxygen atoms in total. The summed E-state index contributed by atoms with van der Waals surface area (Å²) < 4.78 is 5.19. The van der Waals surface area contributed by atoms with E-state index in [1.807, 2.05) is 55.5 Å². The van der Waals surface area contributed by atoms with Crippen LogP contribution in [0.25, 0.3) is 0 Å². The van der Waals surface area contributed by atoms with E-state index in [4.69, 9.17) is 16.3 Å². The number of nitrogens with zero attached hydrogens (tertiary/aromatic N) is 1. The first kappa shape index (κ1) is 20.1. The minimum absolute atomic E-state index is 0.264. The largest absolute Gasteiger partial charge is 0.497 e. The second-order valence-electron chi connectivity index (χ2n) is 5.82. The van der Waals surface area contributed by atoms with Crippen LogP contribution in [0.5, 0.6) is 5.75 Å². The molecule has 0 amide bonds.